The molecule has 0 aliphatic carbocycles. The summed E-state index contributed by atoms with van der Waals surface area (Å²) in [6.45, 7) is 0. The maximum absolute atomic E-state index is 8.71. The number of rotatable bonds is 4. The molecule has 0 aliphatic heterocycles. The Bertz CT molecular complexity index is 453. The summed E-state index contributed by atoms with van der Waals surface area (Å²) in [6.07, 6.45) is 5.57. The lowest BCUT2D eigenvalue weighted by Gasteiger charge is -2.18. The topological polar surface area (TPSA) is 27.0 Å². The second-order valence-electron chi connectivity index (χ2n) is 3.67. The largest absolute Gasteiger partial charge is 0.377 e. The fourth-order valence-corrected chi connectivity index (χ4v) is 1.84. The summed E-state index contributed by atoms with van der Waals surface area (Å²) in [4.78, 5) is 3.01. The van der Waals surface area contributed by atoms with Crippen molar-refractivity contribution in [3.8, 4) is 6.07 Å². The monoisotopic (exact) mass is 244 g/mol. The maximum Gasteiger partial charge on any atom is 0.0923 e. The molecule has 0 spiro atoms. The van der Waals surface area contributed by atoms with Gasteiger partial charge in [0, 0.05) is 30.8 Å². The lowest BCUT2D eigenvalue weighted by Crippen LogP contribution is -2.10. The van der Waals surface area contributed by atoms with E-state index >= 15 is 0 Å². The summed E-state index contributed by atoms with van der Waals surface area (Å²) in [6, 6.07) is 12.2. The highest BCUT2D eigenvalue weighted by Crippen LogP contribution is 2.22. The van der Waals surface area contributed by atoms with E-state index in [4.69, 9.17) is 5.26 Å². The predicted molar refractivity (Wildman–Crippen MR) is 75.3 cm³/mol. The highest BCUT2D eigenvalue weighted by molar-refractivity contribution is 8.02. The molecule has 2 nitrogen and oxygen atoms in total. The first kappa shape index (κ1) is 13.4. The normalized spacial score (nSPS) is 12.1. The third kappa shape index (κ3) is 4.01. The molecule has 1 aromatic carbocycles. The van der Waals surface area contributed by atoms with E-state index in [9.17, 15) is 0 Å². The van der Waals surface area contributed by atoms with Gasteiger partial charge in [0.05, 0.1) is 6.07 Å². The molecule has 17 heavy (non-hydrogen) atoms. The maximum atomic E-state index is 8.71. The number of hydrogen-bond acceptors (Lipinski definition) is 3. The SMILES string of the molecule is CSC(=C\C#N)/C=C(\c1ccccc1)N(C)C. The van der Waals surface area contributed by atoms with Crippen molar-refractivity contribution in [1.82, 2.24) is 4.90 Å². The van der Waals surface area contributed by atoms with Crippen molar-refractivity contribution in [3.05, 3.63) is 53.0 Å². The van der Waals surface area contributed by atoms with Crippen molar-refractivity contribution in [1.29, 1.82) is 5.26 Å². The molecule has 0 atom stereocenters. The van der Waals surface area contributed by atoms with Gasteiger partial charge in [-0.25, -0.2) is 0 Å². The van der Waals surface area contributed by atoms with Crippen LogP contribution < -0.4 is 0 Å². The Morgan fingerprint density at radius 2 is 1.94 bits per heavy atom. The second kappa shape index (κ2) is 6.82. The van der Waals surface area contributed by atoms with Gasteiger partial charge in [-0.3, -0.25) is 0 Å². The van der Waals surface area contributed by atoms with Gasteiger partial charge in [-0.1, -0.05) is 30.3 Å². The van der Waals surface area contributed by atoms with E-state index < -0.39 is 0 Å². The Hall–Kier alpha value is -1.66. The Morgan fingerprint density at radius 1 is 1.29 bits per heavy atom. The molecule has 88 valence electrons. The van der Waals surface area contributed by atoms with Crippen LogP contribution in [0, 0.1) is 11.3 Å². The first-order chi connectivity index (χ1) is 8.19. The Balaban J connectivity index is 3.15. The third-order valence-electron chi connectivity index (χ3n) is 2.27. The zero-order valence-corrected chi connectivity index (χ0v) is 11.2. The number of thioether (sulfide) groups is 1. The molecule has 1 rings (SSSR count). The number of nitrogens with zero attached hydrogens (tertiary/aromatic N) is 2. The van der Waals surface area contributed by atoms with Gasteiger partial charge in [0.25, 0.3) is 0 Å². The van der Waals surface area contributed by atoms with Crippen LogP contribution >= 0.6 is 11.8 Å². The van der Waals surface area contributed by atoms with Gasteiger partial charge in [-0.2, -0.15) is 5.26 Å². The Morgan fingerprint density at radius 3 is 2.41 bits per heavy atom. The molecular formula is C14H16N2S. The zero-order chi connectivity index (χ0) is 12.7. The standard InChI is InChI=1S/C14H16N2S/c1-16(2)14(11-13(17-3)9-10-15)12-7-5-4-6-8-12/h4-9,11H,1-3H3/b13-9-,14-11+. The molecule has 0 saturated carbocycles. The molecule has 1 aromatic rings. The summed E-state index contributed by atoms with van der Waals surface area (Å²) in [5, 5.41) is 8.71. The lowest BCUT2D eigenvalue weighted by atomic mass is 10.1. The number of allylic oxidation sites excluding steroid dienone is 2. The van der Waals surface area contributed by atoms with Gasteiger partial charge in [-0.15, -0.1) is 11.8 Å². The van der Waals surface area contributed by atoms with E-state index in [0.29, 0.717) is 0 Å². The Labute approximate surface area is 107 Å². The fourth-order valence-electron chi connectivity index (χ4n) is 1.44. The first-order valence-electron chi connectivity index (χ1n) is 5.27. The van der Waals surface area contributed by atoms with Crippen LogP contribution in [0.4, 0.5) is 0 Å². The highest BCUT2D eigenvalue weighted by Gasteiger charge is 2.04. The van der Waals surface area contributed by atoms with Crippen LogP contribution in [-0.4, -0.2) is 25.3 Å². The number of nitriles is 1. The van der Waals surface area contributed by atoms with E-state index in [1.165, 1.54) is 0 Å². The van der Waals surface area contributed by atoms with Crippen LogP contribution in [-0.2, 0) is 0 Å². The van der Waals surface area contributed by atoms with Crippen molar-refractivity contribution < 1.29 is 0 Å². The van der Waals surface area contributed by atoms with E-state index in [0.717, 1.165) is 16.2 Å². The van der Waals surface area contributed by atoms with E-state index in [1.54, 1.807) is 17.8 Å². The molecule has 0 unspecified atom stereocenters. The molecule has 0 fully saturated rings. The summed E-state index contributed by atoms with van der Waals surface area (Å²) >= 11 is 1.57. The van der Waals surface area contributed by atoms with E-state index in [2.05, 4.69) is 23.1 Å². The predicted octanol–water partition coefficient (Wildman–Crippen LogP) is 3.36. The summed E-state index contributed by atoms with van der Waals surface area (Å²) in [5.74, 6) is 0. The molecule has 0 saturated heterocycles. The smallest absolute Gasteiger partial charge is 0.0923 e. The van der Waals surface area contributed by atoms with Crippen LogP contribution in [0.1, 0.15) is 5.56 Å². The minimum atomic E-state index is 0.958. The van der Waals surface area contributed by atoms with E-state index in [1.807, 2.05) is 44.6 Å². The van der Waals surface area contributed by atoms with Crippen molar-refractivity contribution in [3.63, 3.8) is 0 Å². The van der Waals surface area contributed by atoms with Crippen molar-refractivity contribution >= 4 is 17.5 Å². The fraction of sp³-hybridized carbons (Fsp3) is 0.214. The van der Waals surface area contributed by atoms with Gasteiger partial charge in [-0.05, 0) is 17.9 Å². The first-order valence-corrected chi connectivity index (χ1v) is 6.49. The molecule has 3 heteroatoms. The minimum Gasteiger partial charge on any atom is -0.377 e. The molecule has 0 heterocycles. The van der Waals surface area contributed by atoms with Crippen LogP contribution in [0.5, 0.6) is 0 Å². The van der Waals surface area contributed by atoms with Crippen LogP contribution in [0.3, 0.4) is 0 Å². The average molecular weight is 244 g/mol. The lowest BCUT2D eigenvalue weighted by molar-refractivity contribution is 0.592. The zero-order valence-electron chi connectivity index (χ0n) is 10.3. The summed E-state index contributed by atoms with van der Waals surface area (Å²) < 4.78 is 0. The second-order valence-corrected chi connectivity index (χ2v) is 4.55. The molecular weight excluding hydrogens is 228 g/mol. The minimum absolute atomic E-state index is 0.958. The molecule has 0 amide bonds. The van der Waals surface area contributed by atoms with Gasteiger partial charge < -0.3 is 4.90 Å². The number of benzene rings is 1. The third-order valence-corrected chi connectivity index (χ3v) is 2.98. The number of hydrogen-bond donors (Lipinski definition) is 0. The van der Waals surface area contributed by atoms with Crippen LogP contribution in [0.15, 0.2) is 47.4 Å². The molecule has 0 bridgehead atoms. The van der Waals surface area contributed by atoms with Crippen LogP contribution in [0.25, 0.3) is 5.70 Å². The van der Waals surface area contributed by atoms with E-state index in [-0.39, 0.29) is 0 Å². The Kier molecular flexibility index (Phi) is 5.38. The molecule has 0 radical (unpaired) electrons. The van der Waals surface area contributed by atoms with Gasteiger partial charge in [0.15, 0.2) is 0 Å². The summed E-state index contributed by atoms with van der Waals surface area (Å²) in [5.41, 5.74) is 2.25. The van der Waals surface area contributed by atoms with Gasteiger partial charge >= 0.3 is 0 Å². The molecule has 0 aromatic heterocycles. The van der Waals surface area contributed by atoms with Crippen molar-refractivity contribution in [2.75, 3.05) is 20.4 Å². The van der Waals surface area contributed by atoms with Gasteiger partial charge in [0.1, 0.15) is 0 Å². The molecule has 0 aliphatic rings. The van der Waals surface area contributed by atoms with Crippen molar-refractivity contribution in [2.45, 2.75) is 0 Å². The van der Waals surface area contributed by atoms with Gasteiger partial charge in [0.2, 0.25) is 0 Å². The summed E-state index contributed by atoms with van der Waals surface area (Å²) in [7, 11) is 4.01. The van der Waals surface area contributed by atoms with Crippen LogP contribution in [0.2, 0.25) is 0 Å². The average Bonchev–Trinajstić information content (AvgIpc) is 2.35. The molecule has 0 N–H and O–H groups in total. The highest BCUT2D eigenvalue weighted by atomic mass is 32.2. The van der Waals surface area contributed by atoms with Crippen molar-refractivity contribution in [2.24, 2.45) is 0 Å². The quantitative estimate of drug-likeness (QED) is 0.600.